The smallest absolute Gasteiger partial charge is 0.326 e. The number of carbonyl (C=O) groups is 3. The monoisotopic (exact) mass is 287 g/mol. The van der Waals surface area contributed by atoms with Gasteiger partial charge in [0.1, 0.15) is 6.04 Å². The zero-order valence-corrected chi connectivity index (χ0v) is 11.7. The van der Waals surface area contributed by atoms with Crippen LogP contribution in [0.5, 0.6) is 0 Å². The minimum absolute atomic E-state index is 0.0805. The molecule has 0 aromatic rings. The van der Waals surface area contributed by atoms with Gasteiger partial charge in [0, 0.05) is 12.1 Å². The first-order chi connectivity index (χ1) is 9.27. The number of carboxylic acid groups (broad SMARTS) is 2. The van der Waals surface area contributed by atoms with Crippen molar-refractivity contribution in [2.24, 2.45) is 0 Å². The lowest BCUT2D eigenvalue weighted by molar-refractivity contribution is -0.145. The molecule has 8 heteroatoms. The molecular weight excluding hydrogens is 266 g/mol. The number of urea groups is 1. The Hall–Kier alpha value is -1.83. The minimum atomic E-state index is -1.43. The van der Waals surface area contributed by atoms with E-state index in [0.717, 1.165) is 19.3 Å². The molecule has 4 N–H and O–H groups in total. The number of amides is 2. The summed E-state index contributed by atoms with van der Waals surface area (Å²) in [6.07, 6.45) is 2.38. The number of hydrogen-bond acceptors (Lipinski definition) is 4. The van der Waals surface area contributed by atoms with Crippen molar-refractivity contribution in [3.63, 3.8) is 0 Å². The van der Waals surface area contributed by atoms with Crippen LogP contribution in [-0.2, 0) is 9.59 Å². The van der Waals surface area contributed by atoms with Gasteiger partial charge < -0.3 is 25.7 Å². The lowest BCUT2D eigenvalue weighted by Gasteiger charge is -2.47. The van der Waals surface area contributed by atoms with Crippen LogP contribution in [0.15, 0.2) is 0 Å². The van der Waals surface area contributed by atoms with Crippen LogP contribution >= 0.6 is 0 Å². The molecule has 0 bridgehead atoms. The van der Waals surface area contributed by atoms with Gasteiger partial charge in [0.05, 0.1) is 6.42 Å². The molecular formula is C12H21N3O5. The van der Waals surface area contributed by atoms with Gasteiger partial charge >= 0.3 is 18.0 Å². The van der Waals surface area contributed by atoms with Gasteiger partial charge in [0.25, 0.3) is 0 Å². The highest BCUT2D eigenvalue weighted by molar-refractivity contribution is 5.86. The summed E-state index contributed by atoms with van der Waals surface area (Å²) < 4.78 is 0. The van der Waals surface area contributed by atoms with Crippen molar-refractivity contribution in [1.82, 2.24) is 15.5 Å². The standard InChI is InChI=1S/C12H21N3O5/c1-15(2)12(4-3-5-12)7-13-11(20)14-8(10(18)19)6-9(16)17/h8H,3-7H2,1-2H3,(H,16,17)(H,18,19)(H2,13,14,20)/t8-/m1/s1. The van der Waals surface area contributed by atoms with Crippen LogP contribution in [0.1, 0.15) is 25.7 Å². The number of carbonyl (C=O) groups excluding carboxylic acids is 1. The number of hydrogen-bond donors (Lipinski definition) is 4. The molecule has 2 amide bonds. The van der Waals surface area contributed by atoms with Crippen LogP contribution in [0.4, 0.5) is 4.79 Å². The molecule has 1 atom stereocenters. The first-order valence-electron chi connectivity index (χ1n) is 6.43. The minimum Gasteiger partial charge on any atom is -0.481 e. The molecule has 0 saturated heterocycles. The molecule has 1 fully saturated rings. The van der Waals surface area contributed by atoms with E-state index in [0.29, 0.717) is 6.54 Å². The maximum atomic E-state index is 11.7. The van der Waals surface area contributed by atoms with Crippen molar-refractivity contribution in [3.05, 3.63) is 0 Å². The first-order valence-corrected chi connectivity index (χ1v) is 6.43. The number of aliphatic carboxylic acids is 2. The van der Waals surface area contributed by atoms with Gasteiger partial charge in [0.15, 0.2) is 0 Å². The summed E-state index contributed by atoms with van der Waals surface area (Å²) in [5, 5.41) is 22.2. The summed E-state index contributed by atoms with van der Waals surface area (Å²) in [5.74, 6) is -2.64. The Bertz CT molecular complexity index is 393. The Morgan fingerprint density at radius 1 is 1.25 bits per heavy atom. The number of rotatable bonds is 7. The largest absolute Gasteiger partial charge is 0.481 e. The van der Waals surface area contributed by atoms with E-state index in [4.69, 9.17) is 10.2 Å². The molecule has 0 aromatic carbocycles. The number of nitrogens with one attached hydrogen (secondary N) is 2. The van der Waals surface area contributed by atoms with E-state index >= 15 is 0 Å². The Kier molecular flexibility index (Phi) is 5.32. The number of likely N-dealkylation sites (N-methyl/N-ethyl adjacent to an activating group) is 1. The molecule has 114 valence electrons. The third-order valence-electron chi connectivity index (χ3n) is 3.79. The summed E-state index contributed by atoms with van der Waals surface area (Å²) in [6.45, 7) is 0.408. The van der Waals surface area contributed by atoms with E-state index in [2.05, 4.69) is 10.6 Å². The van der Waals surface area contributed by atoms with Crippen LogP contribution in [0.25, 0.3) is 0 Å². The second-order valence-electron chi connectivity index (χ2n) is 5.29. The third kappa shape index (κ3) is 4.09. The Balaban J connectivity index is 2.46. The van der Waals surface area contributed by atoms with E-state index < -0.39 is 30.4 Å². The Labute approximate surface area is 117 Å². The van der Waals surface area contributed by atoms with E-state index in [1.54, 1.807) is 0 Å². The summed E-state index contributed by atoms with van der Waals surface area (Å²) >= 11 is 0. The van der Waals surface area contributed by atoms with E-state index in [9.17, 15) is 14.4 Å². The molecule has 1 aliphatic carbocycles. The normalized spacial score (nSPS) is 17.9. The van der Waals surface area contributed by atoms with Crippen molar-refractivity contribution in [2.45, 2.75) is 37.3 Å². The van der Waals surface area contributed by atoms with Gasteiger partial charge in [-0.3, -0.25) is 4.79 Å². The fourth-order valence-electron chi connectivity index (χ4n) is 2.20. The van der Waals surface area contributed by atoms with Gasteiger partial charge in [-0.1, -0.05) is 0 Å². The van der Waals surface area contributed by atoms with Crippen molar-refractivity contribution in [1.29, 1.82) is 0 Å². The second-order valence-corrected chi connectivity index (χ2v) is 5.29. The highest BCUT2D eigenvalue weighted by atomic mass is 16.4. The lowest BCUT2D eigenvalue weighted by Crippen LogP contribution is -2.59. The maximum absolute atomic E-state index is 11.7. The number of nitrogens with zero attached hydrogens (tertiary/aromatic N) is 1. The average molecular weight is 287 g/mol. The summed E-state index contributed by atoms with van der Waals surface area (Å²) in [4.78, 5) is 35.0. The van der Waals surface area contributed by atoms with E-state index in [-0.39, 0.29) is 5.54 Å². The van der Waals surface area contributed by atoms with Crippen molar-refractivity contribution in [2.75, 3.05) is 20.6 Å². The van der Waals surface area contributed by atoms with E-state index in [1.165, 1.54) is 0 Å². The van der Waals surface area contributed by atoms with Crippen LogP contribution in [-0.4, -0.2) is 65.3 Å². The second kappa shape index (κ2) is 6.56. The zero-order chi connectivity index (χ0) is 15.3. The summed E-state index contributed by atoms with van der Waals surface area (Å²) in [7, 11) is 3.87. The van der Waals surface area contributed by atoms with E-state index in [1.807, 2.05) is 19.0 Å². The average Bonchev–Trinajstić information content (AvgIpc) is 2.25. The number of carboxylic acids is 2. The molecule has 0 unspecified atom stereocenters. The van der Waals surface area contributed by atoms with Gasteiger partial charge in [-0.25, -0.2) is 9.59 Å². The van der Waals surface area contributed by atoms with Gasteiger partial charge in [-0.2, -0.15) is 0 Å². The van der Waals surface area contributed by atoms with Gasteiger partial charge in [-0.05, 0) is 33.4 Å². The topological polar surface area (TPSA) is 119 Å². The highest BCUT2D eigenvalue weighted by Gasteiger charge is 2.39. The van der Waals surface area contributed by atoms with Gasteiger partial charge in [0.2, 0.25) is 0 Å². The predicted molar refractivity (Wildman–Crippen MR) is 70.5 cm³/mol. The first kappa shape index (κ1) is 16.2. The fraction of sp³-hybridized carbons (Fsp3) is 0.750. The fourth-order valence-corrected chi connectivity index (χ4v) is 2.20. The third-order valence-corrected chi connectivity index (χ3v) is 3.79. The maximum Gasteiger partial charge on any atom is 0.326 e. The highest BCUT2D eigenvalue weighted by Crippen LogP contribution is 2.35. The molecule has 0 radical (unpaired) electrons. The molecule has 0 spiro atoms. The molecule has 0 aliphatic heterocycles. The lowest BCUT2D eigenvalue weighted by atomic mass is 9.75. The summed E-state index contributed by atoms with van der Waals surface area (Å²) in [6, 6.07) is -2.09. The quantitative estimate of drug-likeness (QED) is 0.510. The van der Waals surface area contributed by atoms with Crippen molar-refractivity contribution in [3.8, 4) is 0 Å². The van der Waals surface area contributed by atoms with Crippen LogP contribution < -0.4 is 10.6 Å². The van der Waals surface area contributed by atoms with Crippen molar-refractivity contribution >= 4 is 18.0 Å². The molecule has 0 aromatic heterocycles. The van der Waals surface area contributed by atoms with Crippen LogP contribution in [0.3, 0.4) is 0 Å². The van der Waals surface area contributed by atoms with Crippen molar-refractivity contribution < 1.29 is 24.6 Å². The predicted octanol–water partition coefficient (Wildman–Crippen LogP) is -0.302. The molecule has 1 rings (SSSR count). The summed E-state index contributed by atoms with van der Waals surface area (Å²) in [5.41, 5.74) is -0.0805. The Morgan fingerprint density at radius 3 is 2.20 bits per heavy atom. The molecule has 8 nitrogen and oxygen atoms in total. The molecule has 20 heavy (non-hydrogen) atoms. The SMILES string of the molecule is CN(C)C1(CNC(=O)N[C@H](CC(=O)O)C(=O)O)CCC1. The van der Waals surface area contributed by atoms with Crippen LogP contribution in [0, 0.1) is 0 Å². The molecule has 1 aliphatic rings. The van der Waals surface area contributed by atoms with Crippen LogP contribution in [0.2, 0.25) is 0 Å². The Morgan fingerprint density at radius 2 is 1.85 bits per heavy atom. The van der Waals surface area contributed by atoms with Gasteiger partial charge in [-0.15, -0.1) is 0 Å². The molecule has 1 saturated carbocycles. The zero-order valence-electron chi connectivity index (χ0n) is 11.7. The molecule has 0 heterocycles.